The molecule has 0 saturated heterocycles. The predicted molar refractivity (Wildman–Crippen MR) is 101 cm³/mol. The summed E-state index contributed by atoms with van der Waals surface area (Å²) in [5.41, 5.74) is 4.20. The number of carbonyl (C=O) groups is 1. The number of hydrazone groups is 1. The molecule has 0 atom stereocenters. The first-order chi connectivity index (χ1) is 12.3. The molecule has 3 aromatic rings. The number of anilines is 1. The predicted octanol–water partition coefficient (Wildman–Crippen LogP) is 3.41. The lowest BCUT2D eigenvalue weighted by Crippen LogP contribution is -2.26. The van der Waals surface area contributed by atoms with Crippen LogP contribution in [-0.4, -0.2) is 25.8 Å². The van der Waals surface area contributed by atoms with Crippen molar-refractivity contribution in [3.63, 3.8) is 0 Å². The fourth-order valence-electron chi connectivity index (χ4n) is 2.47. The number of amides is 1. The quantitative estimate of drug-likeness (QED) is 0.537. The van der Waals surface area contributed by atoms with Crippen molar-refractivity contribution >= 4 is 28.6 Å². The summed E-state index contributed by atoms with van der Waals surface area (Å²) in [6.07, 6.45) is 1.63. The second-order valence-electron chi connectivity index (χ2n) is 5.45. The fourth-order valence-corrected chi connectivity index (χ4v) is 2.47. The Bertz CT molecular complexity index is 906. The highest BCUT2D eigenvalue weighted by atomic mass is 16.5. The van der Waals surface area contributed by atoms with Gasteiger partial charge in [0.15, 0.2) is 0 Å². The summed E-state index contributed by atoms with van der Waals surface area (Å²) in [5, 5.41) is 9.34. The van der Waals surface area contributed by atoms with Crippen molar-refractivity contribution in [2.45, 2.75) is 0 Å². The summed E-state index contributed by atoms with van der Waals surface area (Å²) in [6, 6.07) is 21.6. The van der Waals surface area contributed by atoms with E-state index in [9.17, 15) is 4.79 Å². The minimum absolute atomic E-state index is 0.107. The number of ether oxygens (including phenoxy) is 1. The van der Waals surface area contributed by atoms with E-state index in [-0.39, 0.29) is 12.5 Å². The van der Waals surface area contributed by atoms with E-state index >= 15 is 0 Å². The highest BCUT2D eigenvalue weighted by molar-refractivity contribution is 5.91. The Labute approximate surface area is 146 Å². The van der Waals surface area contributed by atoms with Crippen LogP contribution in [0.2, 0.25) is 0 Å². The Kier molecular flexibility index (Phi) is 5.26. The smallest absolute Gasteiger partial charge is 0.259 e. The Morgan fingerprint density at radius 2 is 1.80 bits per heavy atom. The number of methoxy groups -OCH3 is 1. The molecule has 126 valence electrons. The molecule has 3 rings (SSSR count). The Morgan fingerprint density at radius 3 is 2.64 bits per heavy atom. The maximum Gasteiger partial charge on any atom is 0.259 e. The van der Waals surface area contributed by atoms with Crippen LogP contribution < -0.4 is 15.5 Å². The summed E-state index contributed by atoms with van der Waals surface area (Å²) in [5.74, 6) is 0.456. The Morgan fingerprint density at radius 1 is 1.04 bits per heavy atom. The molecule has 0 aliphatic heterocycles. The molecular formula is C20H19N3O2. The minimum Gasteiger partial charge on any atom is -0.495 e. The molecule has 1 amide bonds. The number of nitrogens with zero attached hydrogens (tertiary/aromatic N) is 1. The molecule has 25 heavy (non-hydrogen) atoms. The summed E-state index contributed by atoms with van der Waals surface area (Å²) in [6.45, 7) is 0.107. The van der Waals surface area contributed by atoms with Gasteiger partial charge in [0, 0.05) is 0 Å². The van der Waals surface area contributed by atoms with E-state index in [0.29, 0.717) is 5.75 Å². The van der Waals surface area contributed by atoms with Gasteiger partial charge < -0.3 is 10.1 Å². The zero-order valence-electron chi connectivity index (χ0n) is 13.9. The topological polar surface area (TPSA) is 62.7 Å². The van der Waals surface area contributed by atoms with E-state index in [4.69, 9.17) is 4.74 Å². The van der Waals surface area contributed by atoms with Gasteiger partial charge >= 0.3 is 0 Å². The van der Waals surface area contributed by atoms with Crippen LogP contribution in [0.15, 0.2) is 71.8 Å². The molecule has 0 aliphatic carbocycles. The van der Waals surface area contributed by atoms with Crippen molar-refractivity contribution in [3.05, 3.63) is 72.3 Å². The van der Waals surface area contributed by atoms with E-state index in [2.05, 4.69) is 21.9 Å². The molecule has 0 aromatic heterocycles. The van der Waals surface area contributed by atoms with Crippen molar-refractivity contribution in [2.75, 3.05) is 19.0 Å². The third kappa shape index (κ3) is 4.35. The molecule has 5 nitrogen and oxygen atoms in total. The van der Waals surface area contributed by atoms with E-state index in [1.165, 1.54) is 5.39 Å². The maximum atomic E-state index is 11.9. The number of hydrogen-bond donors (Lipinski definition) is 2. The molecule has 3 aromatic carbocycles. The van der Waals surface area contributed by atoms with Gasteiger partial charge in [-0.05, 0) is 34.5 Å². The number of fused-ring (bicyclic) bond motifs is 1. The molecule has 0 unspecified atom stereocenters. The van der Waals surface area contributed by atoms with Crippen molar-refractivity contribution in [1.82, 2.24) is 5.43 Å². The number of para-hydroxylation sites is 2. The number of rotatable bonds is 6. The van der Waals surface area contributed by atoms with Gasteiger partial charge in [-0.1, -0.05) is 48.5 Å². The van der Waals surface area contributed by atoms with Crippen LogP contribution in [0.4, 0.5) is 5.69 Å². The summed E-state index contributed by atoms with van der Waals surface area (Å²) >= 11 is 0. The SMILES string of the molecule is COc1ccccc1NCC(=O)N/N=C/c1ccc2ccccc2c1. The Balaban J connectivity index is 1.55. The van der Waals surface area contributed by atoms with Crippen LogP contribution in [0.1, 0.15) is 5.56 Å². The van der Waals surface area contributed by atoms with Crippen LogP contribution in [0.5, 0.6) is 5.75 Å². The van der Waals surface area contributed by atoms with Crippen LogP contribution in [-0.2, 0) is 4.79 Å². The normalized spacial score (nSPS) is 10.8. The highest BCUT2D eigenvalue weighted by Crippen LogP contribution is 2.22. The number of hydrogen-bond acceptors (Lipinski definition) is 4. The minimum atomic E-state index is -0.233. The summed E-state index contributed by atoms with van der Waals surface area (Å²) in [4.78, 5) is 11.9. The van der Waals surface area contributed by atoms with E-state index in [1.807, 2.05) is 60.7 Å². The van der Waals surface area contributed by atoms with Gasteiger partial charge in [0.2, 0.25) is 0 Å². The van der Waals surface area contributed by atoms with E-state index < -0.39 is 0 Å². The van der Waals surface area contributed by atoms with Gasteiger partial charge in [0.1, 0.15) is 5.75 Å². The average molecular weight is 333 g/mol. The maximum absolute atomic E-state index is 11.9. The molecule has 5 heteroatoms. The van der Waals surface area contributed by atoms with Crippen molar-refractivity contribution < 1.29 is 9.53 Å². The van der Waals surface area contributed by atoms with Crippen molar-refractivity contribution in [2.24, 2.45) is 5.10 Å². The van der Waals surface area contributed by atoms with Crippen molar-refractivity contribution in [3.8, 4) is 5.75 Å². The number of benzene rings is 3. The molecule has 2 N–H and O–H groups in total. The van der Waals surface area contributed by atoms with Gasteiger partial charge in [-0.2, -0.15) is 5.10 Å². The van der Waals surface area contributed by atoms with Crippen LogP contribution in [0.3, 0.4) is 0 Å². The lowest BCUT2D eigenvalue weighted by molar-refractivity contribution is -0.119. The summed E-state index contributed by atoms with van der Waals surface area (Å²) < 4.78 is 5.23. The molecular weight excluding hydrogens is 314 g/mol. The first kappa shape index (κ1) is 16.5. The third-order valence-electron chi connectivity index (χ3n) is 3.72. The first-order valence-electron chi connectivity index (χ1n) is 7.94. The molecule has 0 heterocycles. The second kappa shape index (κ2) is 7.97. The third-order valence-corrected chi connectivity index (χ3v) is 3.72. The highest BCUT2D eigenvalue weighted by Gasteiger charge is 2.03. The number of carbonyl (C=O) groups excluding carboxylic acids is 1. The van der Waals surface area contributed by atoms with Gasteiger partial charge in [0.05, 0.1) is 25.6 Å². The lowest BCUT2D eigenvalue weighted by atomic mass is 10.1. The number of nitrogens with one attached hydrogen (secondary N) is 2. The fraction of sp³-hybridized carbons (Fsp3) is 0.100. The van der Waals surface area contributed by atoms with Gasteiger partial charge in [-0.3, -0.25) is 4.79 Å². The molecule has 0 fully saturated rings. The largest absolute Gasteiger partial charge is 0.495 e. The van der Waals surface area contributed by atoms with E-state index in [1.54, 1.807) is 13.3 Å². The van der Waals surface area contributed by atoms with Crippen molar-refractivity contribution in [1.29, 1.82) is 0 Å². The Hall–Kier alpha value is -3.34. The molecule has 0 spiro atoms. The average Bonchev–Trinajstić information content (AvgIpc) is 2.66. The summed E-state index contributed by atoms with van der Waals surface area (Å²) in [7, 11) is 1.59. The molecule has 0 radical (unpaired) electrons. The standard InChI is InChI=1S/C20H19N3O2/c1-25-19-9-5-4-8-18(19)21-14-20(24)23-22-13-15-10-11-16-6-2-3-7-17(16)12-15/h2-13,21H,14H2,1H3,(H,23,24)/b22-13+. The first-order valence-corrected chi connectivity index (χ1v) is 7.94. The van der Waals surface area contributed by atoms with E-state index in [0.717, 1.165) is 16.6 Å². The molecule has 0 saturated carbocycles. The van der Waals surface area contributed by atoms with Gasteiger partial charge in [-0.25, -0.2) is 5.43 Å². The van der Waals surface area contributed by atoms with Gasteiger partial charge in [0.25, 0.3) is 5.91 Å². The van der Waals surface area contributed by atoms with Crippen LogP contribution in [0.25, 0.3) is 10.8 Å². The molecule has 0 aliphatic rings. The second-order valence-corrected chi connectivity index (χ2v) is 5.45. The molecule has 0 bridgehead atoms. The zero-order valence-corrected chi connectivity index (χ0v) is 13.9. The lowest BCUT2D eigenvalue weighted by Gasteiger charge is -2.09. The van der Waals surface area contributed by atoms with Crippen LogP contribution >= 0.6 is 0 Å². The van der Waals surface area contributed by atoms with Crippen LogP contribution in [0, 0.1) is 0 Å². The van der Waals surface area contributed by atoms with Gasteiger partial charge in [-0.15, -0.1) is 0 Å². The monoisotopic (exact) mass is 333 g/mol. The zero-order chi connectivity index (χ0) is 17.5.